The smallest absolute Gasteiger partial charge is 0.351 e. The fraction of sp³-hybridized carbons (Fsp3) is 0.0909. The Morgan fingerprint density at radius 3 is 2.94 bits per heavy atom. The Balaban J connectivity index is 2.23. The summed E-state index contributed by atoms with van der Waals surface area (Å²) in [6, 6.07) is 5.56. The van der Waals surface area contributed by atoms with Crippen LogP contribution in [0.15, 0.2) is 24.3 Å². The van der Waals surface area contributed by atoms with Crippen molar-refractivity contribution >= 4 is 28.9 Å². The van der Waals surface area contributed by atoms with Gasteiger partial charge in [-0.1, -0.05) is 29.0 Å². The van der Waals surface area contributed by atoms with Gasteiger partial charge in [-0.05, 0) is 12.1 Å². The van der Waals surface area contributed by atoms with Crippen LogP contribution < -0.4 is 4.74 Å². The number of esters is 1. The van der Waals surface area contributed by atoms with Crippen LogP contribution in [0.4, 0.5) is 4.39 Å². The number of hydrogen-bond acceptors (Lipinski definition) is 5. The number of hydrogen-bond donors (Lipinski definition) is 0. The maximum absolute atomic E-state index is 12.9. The van der Waals surface area contributed by atoms with Crippen molar-refractivity contribution in [1.82, 2.24) is 4.98 Å². The van der Waals surface area contributed by atoms with Gasteiger partial charge in [0.25, 0.3) is 5.19 Å². The minimum absolute atomic E-state index is 0.00162. The van der Waals surface area contributed by atoms with E-state index in [0.29, 0.717) is 0 Å². The number of ether oxygens (including phenoxy) is 2. The van der Waals surface area contributed by atoms with E-state index in [1.807, 2.05) is 0 Å². The second-order valence-electron chi connectivity index (χ2n) is 3.15. The molecule has 4 nitrogen and oxygen atoms in total. The molecule has 0 saturated heterocycles. The molecule has 0 aliphatic heterocycles. The van der Waals surface area contributed by atoms with E-state index >= 15 is 0 Å². The van der Waals surface area contributed by atoms with Gasteiger partial charge in [0, 0.05) is 6.07 Å². The number of rotatable bonds is 3. The molecule has 0 amide bonds. The number of methoxy groups -OCH3 is 1. The van der Waals surface area contributed by atoms with Crippen LogP contribution in [0.25, 0.3) is 0 Å². The lowest BCUT2D eigenvalue weighted by Crippen LogP contribution is -1.98. The van der Waals surface area contributed by atoms with E-state index in [-0.39, 0.29) is 21.0 Å². The highest BCUT2D eigenvalue weighted by atomic mass is 35.5. The summed E-state index contributed by atoms with van der Waals surface area (Å²) in [4.78, 5) is 15.3. The van der Waals surface area contributed by atoms with Crippen LogP contribution in [-0.2, 0) is 4.74 Å². The topological polar surface area (TPSA) is 48.4 Å². The highest BCUT2D eigenvalue weighted by Gasteiger charge is 2.18. The largest absolute Gasteiger partial charge is 0.465 e. The van der Waals surface area contributed by atoms with E-state index in [1.54, 1.807) is 6.07 Å². The van der Waals surface area contributed by atoms with E-state index in [0.717, 1.165) is 11.3 Å². The van der Waals surface area contributed by atoms with Crippen LogP contribution in [0.2, 0.25) is 5.15 Å². The number of nitrogens with zero attached hydrogens (tertiary/aromatic N) is 1. The number of thiazole rings is 1. The number of carbonyl (C=O) groups is 1. The molecule has 0 bridgehead atoms. The van der Waals surface area contributed by atoms with E-state index in [4.69, 9.17) is 16.3 Å². The molecule has 0 aliphatic rings. The monoisotopic (exact) mass is 287 g/mol. The lowest BCUT2D eigenvalue weighted by atomic mass is 10.3. The Kier molecular flexibility index (Phi) is 3.78. The lowest BCUT2D eigenvalue weighted by molar-refractivity contribution is 0.0606. The number of halogens is 2. The Morgan fingerprint density at radius 2 is 2.28 bits per heavy atom. The number of benzene rings is 1. The highest BCUT2D eigenvalue weighted by Crippen LogP contribution is 2.32. The maximum Gasteiger partial charge on any atom is 0.351 e. The summed E-state index contributed by atoms with van der Waals surface area (Å²) in [5.41, 5.74) is 0. The average molecular weight is 288 g/mol. The lowest BCUT2D eigenvalue weighted by Gasteiger charge is -2.00. The molecule has 2 rings (SSSR count). The molecule has 0 aliphatic carbocycles. The highest BCUT2D eigenvalue weighted by molar-refractivity contribution is 7.15. The molecule has 0 atom stereocenters. The fourth-order valence-corrected chi connectivity index (χ4v) is 2.24. The first-order chi connectivity index (χ1) is 8.60. The van der Waals surface area contributed by atoms with Crippen molar-refractivity contribution in [2.45, 2.75) is 0 Å². The van der Waals surface area contributed by atoms with Gasteiger partial charge in [0.1, 0.15) is 11.6 Å². The normalized spacial score (nSPS) is 10.2. The quantitative estimate of drug-likeness (QED) is 0.811. The van der Waals surface area contributed by atoms with Gasteiger partial charge in [-0.15, -0.1) is 0 Å². The predicted molar refractivity (Wildman–Crippen MR) is 64.9 cm³/mol. The third kappa shape index (κ3) is 2.77. The summed E-state index contributed by atoms with van der Waals surface area (Å²) >= 11 is 6.69. The third-order valence-electron chi connectivity index (χ3n) is 1.94. The predicted octanol–water partition coefficient (Wildman–Crippen LogP) is 3.51. The second kappa shape index (κ2) is 5.32. The van der Waals surface area contributed by atoms with Crippen molar-refractivity contribution < 1.29 is 18.7 Å². The Bertz CT molecular complexity index is 587. The van der Waals surface area contributed by atoms with Gasteiger partial charge in [-0.3, -0.25) is 0 Å². The molecule has 0 fully saturated rings. The summed E-state index contributed by atoms with van der Waals surface area (Å²) in [6.07, 6.45) is 0. The van der Waals surface area contributed by atoms with Gasteiger partial charge in [-0.25, -0.2) is 9.18 Å². The summed E-state index contributed by atoms with van der Waals surface area (Å²) in [6.45, 7) is 0. The van der Waals surface area contributed by atoms with Crippen LogP contribution in [0.5, 0.6) is 10.9 Å². The van der Waals surface area contributed by atoms with Gasteiger partial charge >= 0.3 is 5.97 Å². The Morgan fingerprint density at radius 1 is 1.50 bits per heavy atom. The van der Waals surface area contributed by atoms with Crippen molar-refractivity contribution in [3.63, 3.8) is 0 Å². The van der Waals surface area contributed by atoms with Crippen molar-refractivity contribution in [1.29, 1.82) is 0 Å². The molecule has 2 aromatic rings. The van der Waals surface area contributed by atoms with Crippen molar-refractivity contribution in [2.24, 2.45) is 0 Å². The standard InChI is InChI=1S/C11H7ClFNO3S/c1-16-10(15)8-9(12)14-11(18-8)17-7-4-2-3-6(13)5-7/h2-5H,1H3. The van der Waals surface area contributed by atoms with E-state index in [1.165, 1.54) is 25.3 Å². The molecule has 0 saturated carbocycles. The van der Waals surface area contributed by atoms with Crippen molar-refractivity contribution in [3.05, 3.63) is 40.1 Å². The molecule has 7 heteroatoms. The van der Waals surface area contributed by atoms with Crippen LogP contribution in [-0.4, -0.2) is 18.1 Å². The summed E-state index contributed by atoms with van der Waals surface area (Å²) in [7, 11) is 1.24. The molecule has 1 aromatic carbocycles. The molecule has 0 unspecified atom stereocenters. The second-order valence-corrected chi connectivity index (χ2v) is 4.47. The molecule has 1 aromatic heterocycles. The number of carbonyl (C=O) groups excluding carboxylic acids is 1. The zero-order chi connectivity index (χ0) is 13.1. The minimum Gasteiger partial charge on any atom is -0.465 e. The van der Waals surface area contributed by atoms with Gasteiger partial charge in [-0.2, -0.15) is 4.98 Å². The molecule has 0 spiro atoms. The molecule has 1 heterocycles. The molecule has 94 valence electrons. The van der Waals surface area contributed by atoms with Crippen molar-refractivity contribution in [2.75, 3.05) is 7.11 Å². The molecule has 18 heavy (non-hydrogen) atoms. The SMILES string of the molecule is COC(=O)c1sc(Oc2cccc(F)c2)nc1Cl. The van der Waals surface area contributed by atoms with E-state index < -0.39 is 11.8 Å². The fourth-order valence-electron chi connectivity index (χ4n) is 1.18. The zero-order valence-electron chi connectivity index (χ0n) is 9.15. The van der Waals surface area contributed by atoms with Crippen LogP contribution in [0.3, 0.4) is 0 Å². The van der Waals surface area contributed by atoms with Gasteiger partial charge < -0.3 is 9.47 Å². The van der Waals surface area contributed by atoms with Crippen LogP contribution in [0.1, 0.15) is 9.67 Å². The zero-order valence-corrected chi connectivity index (χ0v) is 10.7. The van der Waals surface area contributed by atoms with Crippen LogP contribution >= 0.6 is 22.9 Å². The van der Waals surface area contributed by atoms with Gasteiger partial charge in [0.15, 0.2) is 10.0 Å². The minimum atomic E-state index is -0.591. The first-order valence-electron chi connectivity index (χ1n) is 4.78. The third-order valence-corrected chi connectivity index (χ3v) is 3.24. The molecular formula is C11H7ClFNO3S. The molecular weight excluding hydrogens is 281 g/mol. The van der Waals surface area contributed by atoms with Crippen molar-refractivity contribution in [3.8, 4) is 10.9 Å². The average Bonchev–Trinajstić information content (AvgIpc) is 2.69. The van der Waals surface area contributed by atoms with Gasteiger partial charge in [0.2, 0.25) is 0 Å². The molecule has 0 N–H and O–H groups in total. The first-order valence-corrected chi connectivity index (χ1v) is 5.97. The van der Waals surface area contributed by atoms with E-state index in [9.17, 15) is 9.18 Å². The Labute approximate surface area is 111 Å². The Hall–Kier alpha value is -1.66. The van der Waals surface area contributed by atoms with Gasteiger partial charge in [0.05, 0.1) is 7.11 Å². The molecule has 0 radical (unpaired) electrons. The maximum atomic E-state index is 12.9. The van der Waals surface area contributed by atoms with E-state index in [2.05, 4.69) is 9.72 Å². The summed E-state index contributed by atoms with van der Waals surface area (Å²) in [5, 5.41) is 0.143. The first kappa shape index (κ1) is 12.8. The van der Waals surface area contributed by atoms with Crippen LogP contribution in [0, 0.1) is 5.82 Å². The summed E-state index contributed by atoms with van der Waals surface area (Å²) < 4.78 is 22.8. The number of aromatic nitrogens is 1. The summed E-state index contributed by atoms with van der Waals surface area (Å²) in [5.74, 6) is -0.744.